The molecule has 1 aromatic rings. The van der Waals surface area contributed by atoms with E-state index in [0.29, 0.717) is 12.0 Å². The number of ether oxygens (including phenoxy) is 1. The van der Waals surface area contributed by atoms with Crippen LogP contribution in [-0.2, 0) is 11.2 Å². The number of aromatic nitrogens is 1. The first-order valence-electron chi connectivity index (χ1n) is 6.55. The minimum Gasteiger partial charge on any atom is -0.381 e. The van der Waals surface area contributed by atoms with Crippen LogP contribution in [0.25, 0.3) is 0 Å². The summed E-state index contributed by atoms with van der Waals surface area (Å²) in [6.07, 6.45) is 5.21. The topological polar surface area (TPSA) is 34.2 Å². The minimum atomic E-state index is 0.370. The van der Waals surface area contributed by atoms with Crippen LogP contribution in [0.15, 0.2) is 18.3 Å². The quantitative estimate of drug-likeness (QED) is 0.868. The Hall–Kier alpha value is -0.930. The predicted molar refractivity (Wildman–Crippen MR) is 69.0 cm³/mol. The van der Waals surface area contributed by atoms with E-state index in [4.69, 9.17) is 4.74 Å². The Bertz CT molecular complexity index is 348. The van der Waals surface area contributed by atoms with E-state index in [1.807, 2.05) is 19.3 Å². The first-order valence-corrected chi connectivity index (χ1v) is 6.55. The molecule has 0 radical (unpaired) electrons. The number of nitrogens with one attached hydrogen (secondary N) is 1. The van der Waals surface area contributed by atoms with Crippen molar-refractivity contribution in [2.24, 2.45) is 5.92 Å². The summed E-state index contributed by atoms with van der Waals surface area (Å²) in [5, 5.41) is 3.44. The lowest BCUT2D eigenvalue weighted by atomic mass is 9.87. The molecule has 1 saturated heterocycles. The average Bonchev–Trinajstić information content (AvgIpc) is 2.41. The fourth-order valence-electron chi connectivity index (χ4n) is 2.67. The van der Waals surface area contributed by atoms with Crippen LogP contribution in [0.3, 0.4) is 0 Å². The van der Waals surface area contributed by atoms with E-state index >= 15 is 0 Å². The third-order valence-corrected chi connectivity index (χ3v) is 3.65. The molecule has 0 spiro atoms. The van der Waals surface area contributed by atoms with Crippen molar-refractivity contribution in [3.05, 3.63) is 29.6 Å². The lowest BCUT2D eigenvalue weighted by Crippen LogP contribution is -2.31. The number of nitrogens with zero attached hydrogens (tertiary/aromatic N) is 1. The highest BCUT2D eigenvalue weighted by Crippen LogP contribution is 2.30. The van der Waals surface area contributed by atoms with Crippen molar-refractivity contribution in [1.82, 2.24) is 10.3 Å². The summed E-state index contributed by atoms with van der Waals surface area (Å²) in [4.78, 5) is 4.59. The Labute approximate surface area is 104 Å². The summed E-state index contributed by atoms with van der Waals surface area (Å²) in [7, 11) is 2.04. The molecular weight excluding hydrogens is 212 g/mol. The second-order valence-electron chi connectivity index (χ2n) is 4.62. The van der Waals surface area contributed by atoms with E-state index in [2.05, 4.69) is 23.3 Å². The lowest BCUT2D eigenvalue weighted by molar-refractivity contribution is 0.0540. The van der Waals surface area contributed by atoms with Crippen LogP contribution in [0.4, 0.5) is 0 Å². The molecule has 1 fully saturated rings. The molecule has 94 valence electrons. The molecule has 0 aromatic carbocycles. The molecule has 3 heteroatoms. The molecule has 0 aliphatic carbocycles. The predicted octanol–water partition coefficient (Wildman–Crippen LogP) is 2.33. The van der Waals surface area contributed by atoms with E-state index in [9.17, 15) is 0 Å². The van der Waals surface area contributed by atoms with E-state index in [0.717, 1.165) is 32.5 Å². The second-order valence-corrected chi connectivity index (χ2v) is 4.62. The van der Waals surface area contributed by atoms with Crippen molar-refractivity contribution in [2.75, 3.05) is 20.3 Å². The number of aryl methyl sites for hydroxylation is 1. The second kappa shape index (κ2) is 6.12. The molecule has 2 rings (SSSR count). The summed E-state index contributed by atoms with van der Waals surface area (Å²) in [5.74, 6) is 0.647. The van der Waals surface area contributed by atoms with E-state index in [-0.39, 0.29) is 0 Å². The van der Waals surface area contributed by atoms with Gasteiger partial charge in [0, 0.05) is 19.4 Å². The monoisotopic (exact) mass is 234 g/mol. The van der Waals surface area contributed by atoms with Gasteiger partial charge in [0.15, 0.2) is 0 Å². The summed E-state index contributed by atoms with van der Waals surface area (Å²) in [6.45, 7) is 3.96. The van der Waals surface area contributed by atoms with Crippen molar-refractivity contribution < 1.29 is 4.74 Å². The van der Waals surface area contributed by atoms with Gasteiger partial charge < -0.3 is 10.1 Å². The van der Waals surface area contributed by atoms with Crippen LogP contribution in [0.5, 0.6) is 0 Å². The van der Waals surface area contributed by atoms with Crippen molar-refractivity contribution >= 4 is 0 Å². The number of pyridine rings is 1. The number of hydrogen-bond acceptors (Lipinski definition) is 3. The standard InChI is InChI=1S/C14H22N2O/c1-3-11-5-4-8-16-14(11)13(15-2)12-6-9-17-10-7-12/h4-5,8,12-13,15H,3,6-7,9-10H2,1-2H3. The summed E-state index contributed by atoms with van der Waals surface area (Å²) < 4.78 is 5.44. The Morgan fingerprint density at radius 1 is 1.47 bits per heavy atom. The van der Waals surface area contributed by atoms with Crippen molar-refractivity contribution in [1.29, 1.82) is 0 Å². The van der Waals surface area contributed by atoms with Gasteiger partial charge >= 0.3 is 0 Å². The molecule has 1 unspecified atom stereocenters. The summed E-state index contributed by atoms with van der Waals surface area (Å²) in [6, 6.07) is 4.58. The van der Waals surface area contributed by atoms with Crippen molar-refractivity contribution in [3.63, 3.8) is 0 Å². The van der Waals surface area contributed by atoms with Gasteiger partial charge in [-0.1, -0.05) is 13.0 Å². The molecule has 1 aromatic heterocycles. The van der Waals surface area contributed by atoms with Crippen LogP contribution in [-0.4, -0.2) is 25.2 Å². The average molecular weight is 234 g/mol. The van der Waals surface area contributed by atoms with Gasteiger partial charge in [0.2, 0.25) is 0 Å². The normalized spacial score (nSPS) is 19.2. The van der Waals surface area contributed by atoms with Crippen LogP contribution in [0.1, 0.15) is 37.1 Å². The molecule has 17 heavy (non-hydrogen) atoms. The number of rotatable bonds is 4. The molecule has 2 heterocycles. The molecule has 0 amide bonds. The highest BCUT2D eigenvalue weighted by atomic mass is 16.5. The van der Waals surface area contributed by atoms with Gasteiger partial charge in [0.1, 0.15) is 0 Å². The molecule has 1 aliphatic rings. The maximum Gasteiger partial charge on any atom is 0.0607 e. The van der Waals surface area contributed by atoms with Crippen molar-refractivity contribution in [2.45, 2.75) is 32.2 Å². The van der Waals surface area contributed by atoms with Gasteiger partial charge in [0.25, 0.3) is 0 Å². The zero-order valence-electron chi connectivity index (χ0n) is 10.8. The third-order valence-electron chi connectivity index (χ3n) is 3.65. The molecule has 3 nitrogen and oxygen atoms in total. The number of hydrogen-bond donors (Lipinski definition) is 1. The Balaban J connectivity index is 2.21. The maximum atomic E-state index is 5.44. The zero-order valence-corrected chi connectivity index (χ0v) is 10.8. The molecule has 1 atom stereocenters. The van der Waals surface area contributed by atoms with Crippen molar-refractivity contribution in [3.8, 4) is 0 Å². The van der Waals surface area contributed by atoms with E-state index in [1.54, 1.807) is 0 Å². The Morgan fingerprint density at radius 2 is 2.24 bits per heavy atom. The SMILES string of the molecule is CCc1cccnc1C(NC)C1CCOCC1. The van der Waals surface area contributed by atoms with E-state index in [1.165, 1.54) is 11.3 Å². The Kier molecular flexibility index (Phi) is 4.51. The van der Waals surface area contributed by atoms with Gasteiger partial charge in [-0.25, -0.2) is 0 Å². The van der Waals surface area contributed by atoms with Gasteiger partial charge in [-0.05, 0) is 43.9 Å². The molecule has 0 bridgehead atoms. The molecular formula is C14H22N2O. The maximum absolute atomic E-state index is 5.44. The largest absolute Gasteiger partial charge is 0.381 e. The summed E-state index contributed by atoms with van der Waals surface area (Å²) in [5.41, 5.74) is 2.59. The van der Waals surface area contributed by atoms with Gasteiger partial charge in [-0.3, -0.25) is 4.98 Å². The minimum absolute atomic E-state index is 0.370. The Morgan fingerprint density at radius 3 is 2.88 bits per heavy atom. The highest BCUT2D eigenvalue weighted by molar-refractivity contribution is 5.23. The van der Waals surface area contributed by atoms with Crippen LogP contribution in [0.2, 0.25) is 0 Å². The fraction of sp³-hybridized carbons (Fsp3) is 0.643. The van der Waals surface area contributed by atoms with E-state index < -0.39 is 0 Å². The smallest absolute Gasteiger partial charge is 0.0607 e. The van der Waals surface area contributed by atoms with Crippen LogP contribution < -0.4 is 5.32 Å². The van der Waals surface area contributed by atoms with Gasteiger partial charge in [-0.15, -0.1) is 0 Å². The molecule has 1 N–H and O–H groups in total. The van der Waals surface area contributed by atoms with Crippen LogP contribution in [0, 0.1) is 5.92 Å². The van der Waals surface area contributed by atoms with Gasteiger partial charge in [0.05, 0.1) is 11.7 Å². The first-order chi connectivity index (χ1) is 8.36. The fourth-order valence-corrected chi connectivity index (χ4v) is 2.67. The van der Waals surface area contributed by atoms with Gasteiger partial charge in [-0.2, -0.15) is 0 Å². The highest BCUT2D eigenvalue weighted by Gasteiger charge is 2.26. The molecule has 0 saturated carbocycles. The third kappa shape index (κ3) is 2.85. The lowest BCUT2D eigenvalue weighted by Gasteiger charge is -2.30. The van der Waals surface area contributed by atoms with Crippen LogP contribution >= 0.6 is 0 Å². The zero-order chi connectivity index (χ0) is 12.1. The summed E-state index contributed by atoms with van der Waals surface area (Å²) >= 11 is 0. The first kappa shape index (κ1) is 12.5. The molecule has 1 aliphatic heterocycles.